The second kappa shape index (κ2) is 7.97. The smallest absolute Gasteiger partial charge is 0.237 e. The molecule has 0 radical (unpaired) electrons. The summed E-state index contributed by atoms with van der Waals surface area (Å²) in [6.07, 6.45) is 1.35. The van der Waals surface area contributed by atoms with Crippen molar-refractivity contribution >= 4 is 45.7 Å². The summed E-state index contributed by atoms with van der Waals surface area (Å²) in [7, 11) is 0. The Morgan fingerprint density at radius 1 is 1.32 bits per heavy atom. The number of fused-ring (bicyclic) bond motifs is 1. The summed E-state index contributed by atoms with van der Waals surface area (Å²) in [6.45, 7) is 4.71. The number of aromatic nitrogens is 2. The normalized spacial score (nSPS) is 13.2. The lowest BCUT2D eigenvalue weighted by atomic mass is 10.1. The molecular formula is C17H20N4O2S2. The summed E-state index contributed by atoms with van der Waals surface area (Å²) >= 11 is 2.65. The molecule has 132 valence electrons. The Hall–Kier alpha value is -1.93. The fourth-order valence-corrected chi connectivity index (χ4v) is 4.30. The maximum absolute atomic E-state index is 12.5. The number of amides is 2. The molecular weight excluding hydrogens is 356 g/mol. The average Bonchev–Trinajstić information content (AvgIpc) is 3.18. The summed E-state index contributed by atoms with van der Waals surface area (Å²) in [5.74, 6) is 0.605. The third-order valence-electron chi connectivity index (χ3n) is 3.75. The fraction of sp³-hybridized carbons (Fsp3) is 0.412. The third-order valence-corrected chi connectivity index (χ3v) is 5.71. The number of para-hydroxylation sites is 1. The number of carbonyl (C=O) groups is 2. The van der Waals surface area contributed by atoms with E-state index in [-0.39, 0.29) is 11.8 Å². The van der Waals surface area contributed by atoms with Crippen LogP contribution in [0.5, 0.6) is 0 Å². The van der Waals surface area contributed by atoms with Crippen molar-refractivity contribution in [1.29, 1.82) is 0 Å². The van der Waals surface area contributed by atoms with E-state index >= 15 is 0 Å². The molecule has 0 saturated carbocycles. The molecule has 1 N–H and O–H groups in total. The van der Waals surface area contributed by atoms with Gasteiger partial charge in [-0.3, -0.25) is 9.59 Å². The summed E-state index contributed by atoms with van der Waals surface area (Å²) in [4.78, 5) is 26.1. The van der Waals surface area contributed by atoms with Crippen LogP contribution in [0, 0.1) is 5.92 Å². The molecule has 1 aromatic carbocycles. The Labute approximate surface area is 155 Å². The molecule has 0 saturated heterocycles. The lowest BCUT2D eigenvalue weighted by Crippen LogP contribution is -2.30. The number of nitrogens with one attached hydrogen (secondary N) is 1. The Bertz CT molecular complexity index is 776. The summed E-state index contributed by atoms with van der Waals surface area (Å²) < 4.78 is 0.681. The number of benzene rings is 1. The van der Waals surface area contributed by atoms with Crippen molar-refractivity contribution in [3.8, 4) is 0 Å². The summed E-state index contributed by atoms with van der Waals surface area (Å²) in [5.41, 5.74) is 2.22. The Balaban J connectivity index is 1.53. The van der Waals surface area contributed by atoms with Gasteiger partial charge in [-0.05, 0) is 24.0 Å². The first-order valence-electron chi connectivity index (χ1n) is 8.17. The van der Waals surface area contributed by atoms with Crippen LogP contribution in [0.2, 0.25) is 0 Å². The van der Waals surface area contributed by atoms with E-state index < -0.39 is 0 Å². The quantitative estimate of drug-likeness (QED) is 0.619. The van der Waals surface area contributed by atoms with Crippen molar-refractivity contribution in [1.82, 2.24) is 10.2 Å². The molecule has 1 aliphatic rings. The van der Waals surface area contributed by atoms with Crippen LogP contribution < -0.4 is 10.2 Å². The van der Waals surface area contributed by atoms with Crippen molar-refractivity contribution in [3.05, 3.63) is 29.8 Å². The molecule has 25 heavy (non-hydrogen) atoms. The van der Waals surface area contributed by atoms with Gasteiger partial charge in [0.1, 0.15) is 0 Å². The predicted molar refractivity (Wildman–Crippen MR) is 101 cm³/mol. The van der Waals surface area contributed by atoms with Crippen LogP contribution in [0.1, 0.15) is 25.8 Å². The summed E-state index contributed by atoms with van der Waals surface area (Å²) in [6, 6.07) is 8.00. The first kappa shape index (κ1) is 17.9. The number of nitrogens with zero attached hydrogens (tertiary/aromatic N) is 3. The Morgan fingerprint density at radius 2 is 2.12 bits per heavy atom. The molecule has 2 aromatic rings. The highest BCUT2D eigenvalue weighted by Gasteiger charge is 2.24. The van der Waals surface area contributed by atoms with Gasteiger partial charge < -0.3 is 10.2 Å². The number of hydrogen-bond acceptors (Lipinski definition) is 6. The van der Waals surface area contributed by atoms with Gasteiger partial charge in [-0.15, -0.1) is 10.2 Å². The van der Waals surface area contributed by atoms with Gasteiger partial charge in [-0.1, -0.05) is 55.1 Å². The molecule has 1 aliphatic heterocycles. The highest BCUT2D eigenvalue weighted by Crippen LogP contribution is 2.30. The molecule has 8 heteroatoms. The first-order valence-corrected chi connectivity index (χ1v) is 9.97. The van der Waals surface area contributed by atoms with E-state index in [9.17, 15) is 9.59 Å². The molecule has 0 spiro atoms. The van der Waals surface area contributed by atoms with Gasteiger partial charge in [0, 0.05) is 18.7 Å². The van der Waals surface area contributed by atoms with Gasteiger partial charge in [-0.2, -0.15) is 0 Å². The molecule has 0 bridgehead atoms. The molecule has 2 amide bonds. The average molecular weight is 377 g/mol. The predicted octanol–water partition coefficient (Wildman–Crippen LogP) is 3.20. The number of hydrogen-bond donors (Lipinski definition) is 1. The lowest BCUT2D eigenvalue weighted by molar-refractivity contribution is -0.117. The Kier molecular flexibility index (Phi) is 5.70. The van der Waals surface area contributed by atoms with Crippen LogP contribution in [0.4, 0.5) is 10.8 Å². The van der Waals surface area contributed by atoms with Gasteiger partial charge in [0.25, 0.3) is 0 Å². The standard InChI is InChI=1S/C17H20N4O2S2/c1-11(2)9-14(22)18-16-19-20-17(25-16)24-10-15(23)21-8-7-12-5-3-4-6-13(12)21/h3-6,11H,7-10H2,1-2H3,(H,18,19,22). The number of rotatable bonds is 6. The van der Waals surface area contributed by atoms with Crippen LogP contribution >= 0.6 is 23.1 Å². The fourth-order valence-electron chi connectivity index (χ4n) is 2.66. The van der Waals surface area contributed by atoms with E-state index in [1.54, 1.807) is 0 Å². The van der Waals surface area contributed by atoms with Crippen LogP contribution in [-0.2, 0) is 16.0 Å². The zero-order valence-corrected chi connectivity index (χ0v) is 15.8. The second-order valence-electron chi connectivity index (χ2n) is 6.23. The van der Waals surface area contributed by atoms with Crippen molar-refractivity contribution in [2.75, 3.05) is 22.5 Å². The van der Waals surface area contributed by atoms with Crippen molar-refractivity contribution in [3.63, 3.8) is 0 Å². The van der Waals surface area contributed by atoms with Crippen LogP contribution in [0.3, 0.4) is 0 Å². The summed E-state index contributed by atoms with van der Waals surface area (Å²) in [5, 5.41) is 11.2. The van der Waals surface area contributed by atoms with E-state index in [0.717, 1.165) is 18.7 Å². The second-order valence-corrected chi connectivity index (χ2v) is 8.43. The molecule has 0 atom stereocenters. The van der Waals surface area contributed by atoms with Crippen molar-refractivity contribution in [2.24, 2.45) is 5.92 Å². The maximum Gasteiger partial charge on any atom is 0.237 e. The highest BCUT2D eigenvalue weighted by atomic mass is 32.2. The number of anilines is 2. The van der Waals surface area contributed by atoms with Crippen LogP contribution in [0.15, 0.2) is 28.6 Å². The Morgan fingerprint density at radius 3 is 2.92 bits per heavy atom. The van der Waals surface area contributed by atoms with E-state index in [0.29, 0.717) is 27.6 Å². The van der Waals surface area contributed by atoms with Crippen LogP contribution in [-0.4, -0.2) is 34.3 Å². The molecule has 1 aromatic heterocycles. The van der Waals surface area contributed by atoms with Gasteiger partial charge in [-0.25, -0.2) is 0 Å². The van der Waals surface area contributed by atoms with E-state index in [1.807, 2.05) is 36.9 Å². The number of carbonyl (C=O) groups excluding carboxylic acids is 2. The molecule has 6 nitrogen and oxygen atoms in total. The highest BCUT2D eigenvalue weighted by molar-refractivity contribution is 8.01. The van der Waals surface area contributed by atoms with Crippen LogP contribution in [0.25, 0.3) is 0 Å². The van der Waals surface area contributed by atoms with Gasteiger partial charge in [0.05, 0.1) is 5.75 Å². The zero-order valence-electron chi connectivity index (χ0n) is 14.2. The van der Waals surface area contributed by atoms with Gasteiger partial charge in [0.2, 0.25) is 16.9 Å². The SMILES string of the molecule is CC(C)CC(=O)Nc1nnc(SCC(=O)N2CCc3ccccc32)s1. The largest absolute Gasteiger partial charge is 0.311 e. The number of thioether (sulfide) groups is 1. The molecule has 2 heterocycles. The molecule has 3 rings (SSSR count). The van der Waals surface area contributed by atoms with E-state index in [4.69, 9.17) is 0 Å². The monoisotopic (exact) mass is 376 g/mol. The van der Waals surface area contributed by atoms with E-state index in [1.165, 1.54) is 28.7 Å². The molecule has 0 aliphatic carbocycles. The van der Waals surface area contributed by atoms with Gasteiger partial charge in [0.15, 0.2) is 4.34 Å². The lowest BCUT2D eigenvalue weighted by Gasteiger charge is -2.16. The minimum absolute atomic E-state index is 0.0625. The van der Waals surface area contributed by atoms with Gasteiger partial charge >= 0.3 is 0 Å². The molecule has 0 fully saturated rings. The first-order chi connectivity index (χ1) is 12.0. The zero-order chi connectivity index (χ0) is 17.8. The topological polar surface area (TPSA) is 75.2 Å². The van der Waals surface area contributed by atoms with Crippen molar-refractivity contribution in [2.45, 2.75) is 31.0 Å². The molecule has 0 unspecified atom stereocenters. The minimum atomic E-state index is -0.0625. The van der Waals surface area contributed by atoms with Crippen molar-refractivity contribution < 1.29 is 9.59 Å². The van der Waals surface area contributed by atoms with E-state index in [2.05, 4.69) is 21.6 Å². The third kappa shape index (κ3) is 4.58. The maximum atomic E-state index is 12.5. The minimum Gasteiger partial charge on any atom is -0.311 e.